The van der Waals surface area contributed by atoms with Gasteiger partial charge in [-0.3, -0.25) is 15.0 Å². The third-order valence-corrected chi connectivity index (χ3v) is 6.33. The minimum Gasteiger partial charge on any atom is -0.490 e. The van der Waals surface area contributed by atoms with Crippen LogP contribution in [-0.2, 0) is 16.2 Å². The van der Waals surface area contributed by atoms with Gasteiger partial charge in [0.25, 0.3) is 11.8 Å². The normalized spacial score (nSPS) is 14.5. The highest BCUT2D eigenvalue weighted by molar-refractivity contribution is 9.10. The fourth-order valence-electron chi connectivity index (χ4n) is 3.31. The number of carbonyl (C=O) groups excluding carboxylic acids is 2. The summed E-state index contributed by atoms with van der Waals surface area (Å²) in [5.74, 6) is -0.172. The molecule has 1 aliphatic heterocycles. The van der Waals surface area contributed by atoms with Crippen molar-refractivity contribution in [3.8, 4) is 11.5 Å². The lowest BCUT2D eigenvalue weighted by Crippen LogP contribution is -2.35. The largest absolute Gasteiger partial charge is 0.490 e. The molecule has 33 heavy (non-hydrogen) atoms. The van der Waals surface area contributed by atoms with Crippen LogP contribution in [0.25, 0.3) is 6.08 Å². The van der Waals surface area contributed by atoms with Gasteiger partial charge in [-0.2, -0.15) is 0 Å². The van der Waals surface area contributed by atoms with Gasteiger partial charge in [0.15, 0.2) is 11.5 Å². The first kappa shape index (κ1) is 22.9. The highest BCUT2D eigenvalue weighted by atomic mass is 79.9. The van der Waals surface area contributed by atoms with Gasteiger partial charge in [0.05, 0.1) is 12.3 Å². The predicted molar refractivity (Wildman–Crippen MR) is 131 cm³/mol. The van der Waals surface area contributed by atoms with E-state index in [9.17, 15) is 9.59 Å². The molecule has 8 heteroatoms. The van der Waals surface area contributed by atoms with E-state index in [2.05, 4.69) is 21.4 Å². The molecule has 0 saturated carbocycles. The molecule has 0 unspecified atom stereocenters. The zero-order valence-corrected chi connectivity index (χ0v) is 20.0. The number of benzene rings is 3. The van der Waals surface area contributed by atoms with Crippen LogP contribution in [0.4, 0.5) is 5.69 Å². The number of hydrogen-bond donors (Lipinski definition) is 1. The lowest BCUT2D eigenvalue weighted by Gasteiger charge is -2.16. The third-order valence-electron chi connectivity index (χ3n) is 4.89. The fourth-order valence-corrected chi connectivity index (χ4v) is 3.97. The van der Waals surface area contributed by atoms with Crippen LogP contribution in [0.1, 0.15) is 18.1 Å². The van der Waals surface area contributed by atoms with Gasteiger partial charge in [0.2, 0.25) is 0 Å². The van der Waals surface area contributed by atoms with Crippen LogP contribution in [0.2, 0.25) is 5.02 Å². The van der Waals surface area contributed by atoms with E-state index in [1.54, 1.807) is 30.3 Å². The van der Waals surface area contributed by atoms with Crippen molar-refractivity contribution < 1.29 is 19.1 Å². The zero-order valence-electron chi connectivity index (χ0n) is 17.7. The Morgan fingerprint density at radius 3 is 2.36 bits per heavy atom. The Morgan fingerprint density at radius 1 is 1.03 bits per heavy atom. The maximum atomic E-state index is 12.9. The molecule has 2 amide bonds. The van der Waals surface area contributed by atoms with Crippen LogP contribution < -0.4 is 19.9 Å². The number of nitrogens with one attached hydrogen (secondary N) is 1. The van der Waals surface area contributed by atoms with E-state index in [4.69, 9.17) is 21.1 Å². The molecule has 0 aliphatic carbocycles. The summed E-state index contributed by atoms with van der Waals surface area (Å²) in [6, 6.07) is 20.3. The molecule has 0 bridgehead atoms. The molecule has 1 N–H and O–H groups in total. The topological polar surface area (TPSA) is 67.9 Å². The van der Waals surface area contributed by atoms with Crippen LogP contribution >= 0.6 is 27.5 Å². The van der Waals surface area contributed by atoms with Crippen molar-refractivity contribution in [3.05, 3.63) is 92.9 Å². The maximum Gasteiger partial charge on any atom is 0.282 e. The predicted octanol–water partition coefficient (Wildman–Crippen LogP) is 5.54. The molecule has 4 rings (SSSR count). The Bertz CT molecular complexity index is 1220. The fraction of sp³-hybridized carbons (Fsp3) is 0.120. The molecule has 0 atom stereocenters. The second-order valence-corrected chi connectivity index (χ2v) is 8.27. The number of carbonyl (C=O) groups is 2. The van der Waals surface area contributed by atoms with Crippen LogP contribution in [-0.4, -0.2) is 18.4 Å². The summed E-state index contributed by atoms with van der Waals surface area (Å²) in [6.07, 6.45) is 1.49. The van der Waals surface area contributed by atoms with Gasteiger partial charge in [-0.25, -0.2) is 5.01 Å². The first-order chi connectivity index (χ1) is 16.0. The first-order valence-corrected chi connectivity index (χ1v) is 11.4. The zero-order chi connectivity index (χ0) is 23.4. The Kier molecular flexibility index (Phi) is 7.01. The van der Waals surface area contributed by atoms with Crippen molar-refractivity contribution >= 4 is 51.1 Å². The summed E-state index contributed by atoms with van der Waals surface area (Å²) in [6.45, 7) is 2.54. The second kappa shape index (κ2) is 10.1. The summed E-state index contributed by atoms with van der Waals surface area (Å²) >= 11 is 10.1. The number of rotatable bonds is 7. The Morgan fingerprint density at radius 2 is 1.70 bits per heavy atom. The van der Waals surface area contributed by atoms with Gasteiger partial charge < -0.3 is 9.47 Å². The van der Waals surface area contributed by atoms with E-state index < -0.39 is 11.8 Å². The van der Waals surface area contributed by atoms with Crippen molar-refractivity contribution in [3.63, 3.8) is 0 Å². The van der Waals surface area contributed by atoms with E-state index >= 15 is 0 Å². The van der Waals surface area contributed by atoms with Crippen LogP contribution in [0.3, 0.4) is 0 Å². The van der Waals surface area contributed by atoms with Crippen LogP contribution in [0.15, 0.2) is 76.8 Å². The number of hydrogen-bond acceptors (Lipinski definition) is 4. The van der Waals surface area contributed by atoms with Gasteiger partial charge in [-0.15, -0.1) is 0 Å². The van der Waals surface area contributed by atoms with Crippen molar-refractivity contribution in [1.82, 2.24) is 5.43 Å². The van der Waals surface area contributed by atoms with Gasteiger partial charge in [-0.05, 0) is 58.3 Å². The first-order valence-electron chi connectivity index (χ1n) is 10.2. The summed E-state index contributed by atoms with van der Waals surface area (Å²) in [5, 5.41) is 1.50. The van der Waals surface area contributed by atoms with Crippen molar-refractivity contribution in [2.24, 2.45) is 0 Å². The van der Waals surface area contributed by atoms with E-state index in [0.717, 1.165) is 5.56 Å². The highest BCUT2D eigenvalue weighted by Gasteiger charge is 2.34. The molecule has 168 valence electrons. The number of amides is 2. The summed E-state index contributed by atoms with van der Waals surface area (Å²) < 4.78 is 12.2. The molecule has 1 aliphatic rings. The standard InChI is InChI=1S/C25H20BrClN2O4/c1-2-32-20-14-17(21(26)22(27)23(20)33-15-16-9-5-3-6-10-16)13-19-24(30)28-29(25(19)31)18-11-7-4-8-12-18/h3-14H,2,15H2,1H3,(H,28,30)/b19-13-. The number of ether oxygens (including phenoxy) is 2. The molecular formula is C25H20BrClN2O4. The smallest absolute Gasteiger partial charge is 0.282 e. The Hall–Kier alpha value is -3.29. The SMILES string of the molecule is CCOc1cc(/C=C2/C(=O)NN(c3ccccc3)C2=O)c(Br)c(Cl)c1OCc1ccccc1. The average molecular weight is 528 g/mol. The number of halogens is 2. The van der Waals surface area contributed by atoms with E-state index in [0.29, 0.717) is 40.4 Å². The average Bonchev–Trinajstić information content (AvgIpc) is 3.11. The third kappa shape index (κ3) is 4.89. The highest BCUT2D eigenvalue weighted by Crippen LogP contribution is 2.44. The molecule has 1 saturated heterocycles. The minimum absolute atomic E-state index is 0.0176. The Balaban J connectivity index is 1.67. The van der Waals surface area contributed by atoms with Gasteiger partial charge in [-0.1, -0.05) is 60.1 Å². The number of nitrogens with zero attached hydrogens (tertiary/aromatic N) is 1. The summed E-state index contributed by atoms with van der Waals surface area (Å²) in [7, 11) is 0. The van der Waals surface area contributed by atoms with E-state index in [-0.39, 0.29) is 10.6 Å². The summed E-state index contributed by atoms with van der Waals surface area (Å²) in [4.78, 5) is 25.5. The molecular weight excluding hydrogens is 508 g/mol. The number of para-hydroxylation sites is 1. The number of hydrazine groups is 1. The molecule has 3 aromatic carbocycles. The maximum absolute atomic E-state index is 12.9. The molecule has 1 heterocycles. The minimum atomic E-state index is -0.505. The molecule has 0 aromatic heterocycles. The lowest BCUT2D eigenvalue weighted by atomic mass is 10.1. The molecule has 0 radical (unpaired) electrons. The lowest BCUT2D eigenvalue weighted by molar-refractivity contribution is -0.117. The monoisotopic (exact) mass is 526 g/mol. The molecule has 3 aromatic rings. The summed E-state index contributed by atoms with van der Waals surface area (Å²) in [5.41, 5.74) is 4.63. The van der Waals surface area contributed by atoms with Gasteiger partial charge in [0.1, 0.15) is 17.2 Å². The van der Waals surface area contributed by atoms with Crippen molar-refractivity contribution in [2.45, 2.75) is 13.5 Å². The number of anilines is 1. The van der Waals surface area contributed by atoms with Gasteiger partial charge >= 0.3 is 0 Å². The molecule has 6 nitrogen and oxygen atoms in total. The van der Waals surface area contributed by atoms with Crippen LogP contribution in [0, 0.1) is 0 Å². The quantitative estimate of drug-likeness (QED) is 0.324. The van der Waals surface area contributed by atoms with E-state index in [1.165, 1.54) is 11.1 Å². The van der Waals surface area contributed by atoms with Crippen LogP contribution in [0.5, 0.6) is 11.5 Å². The molecule has 0 spiro atoms. The van der Waals surface area contributed by atoms with Crippen molar-refractivity contribution in [1.29, 1.82) is 0 Å². The molecule has 1 fully saturated rings. The second-order valence-electron chi connectivity index (χ2n) is 7.10. The Labute approximate surface area is 204 Å². The van der Waals surface area contributed by atoms with Crippen molar-refractivity contribution in [2.75, 3.05) is 11.6 Å². The van der Waals surface area contributed by atoms with E-state index in [1.807, 2.05) is 43.3 Å². The van der Waals surface area contributed by atoms with Gasteiger partial charge in [0, 0.05) is 4.47 Å².